The zero-order chi connectivity index (χ0) is 17.7. The summed E-state index contributed by atoms with van der Waals surface area (Å²) in [6.45, 7) is 11.4. The third kappa shape index (κ3) is 15.2. The number of hydrogen-bond acceptors (Lipinski definition) is 2. The van der Waals surface area contributed by atoms with Crippen LogP contribution in [-0.4, -0.2) is 5.97 Å². The minimum absolute atomic E-state index is 0.259. The molecule has 2 atom stereocenters. The molecule has 23 heavy (non-hydrogen) atoms. The van der Waals surface area contributed by atoms with Crippen LogP contribution in [0.2, 0.25) is 0 Å². The van der Waals surface area contributed by atoms with E-state index in [0.717, 1.165) is 29.7 Å². The predicted molar refractivity (Wildman–Crippen MR) is 94.6 cm³/mol. The molecule has 0 aromatic carbocycles. The maximum absolute atomic E-state index is 11.1. The summed E-state index contributed by atoms with van der Waals surface area (Å²) in [4.78, 5) is 11.1. The molecule has 0 heterocycles. The molecule has 140 valence electrons. The van der Waals surface area contributed by atoms with Gasteiger partial charge in [-0.2, -0.15) is 0 Å². The molecule has 0 unspecified atom stereocenters. The van der Waals surface area contributed by atoms with Crippen LogP contribution < -0.4 is 0 Å². The molecule has 0 spiro atoms. The molecule has 0 aliphatic carbocycles. The van der Waals surface area contributed by atoms with E-state index in [1.54, 1.807) is 27.5 Å². The van der Waals surface area contributed by atoms with Crippen molar-refractivity contribution < 1.29 is 29.5 Å². The number of carbonyl (C=O) groups excluding carboxylic acids is 1. The van der Waals surface area contributed by atoms with Crippen LogP contribution >= 0.6 is 0 Å². The van der Waals surface area contributed by atoms with Gasteiger partial charge in [-0.25, -0.2) is 0 Å². The smallest absolute Gasteiger partial charge is 0.0628 e. The SMILES string of the molecule is C/C(=C\C(=O)[O][Au])CCC[C@H](C)CCC[C@H](C)CCCC(C)C. The van der Waals surface area contributed by atoms with Crippen molar-refractivity contribution in [2.75, 3.05) is 0 Å². The zero-order valence-corrected chi connectivity index (χ0v) is 18.0. The Morgan fingerprint density at radius 2 is 1.39 bits per heavy atom. The third-order valence-corrected chi connectivity index (χ3v) is 5.00. The minimum atomic E-state index is -0.259. The molecule has 0 aliphatic heterocycles. The summed E-state index contributed by atoms with van der Waals surface area (Å²) in [6, 6.07) is 0. The summed E-state index contributed by atoms with van der Waals surface area (Å²) >= 11 is 1.81. The molecule has 2 nitrogen and oxygen atoms in total. The molecule has 0 aliphatic rings. The first-order valence-electron chi connectivity index (χ1n) is 9.31. The standard InChI is InChI=1S/C20H38O2.Au/c1-16(2)9-6-10-17(3)11-7-12-18(4)13-8-14-19(5)15-20(21)22;/h15-18H,6-14H2,1-5H3,(H,21,22);/q;+1/p-1/b19-15+;/t17-,18-;/m1./s1. The normalized spacial score (nSPS) is 14.9. The second-order valence-electron chi connectivity index (χ2n) is 7.73. The van der Waals surface area contributed by atoms with Crippen LogP contribution in [0.5, 0.6) is 0 Å². The van der Waals surface area contributed by atoms with E-state index < -0.39 is 0 Å². The van der Waals surface area contributed by atoms with Crippen molar-refractivity contribution in [3.63, 3.8) is 0 Å². The third-order valence-electron chi connectivity index (χ3n) is 4.57. The second-order valence-corrected chi connectivity index (χ2v) is 8.17. The average molecular weight is 506 g/mol. The number of carbonyl (C=O) groups is 1. The predicted octanol–water partition coefficient (Wildman–Crippen LogP) is 6.38. The molecule has 0 N–H and O–H groups in total. The van der Waals surface area contributed by atoms with Crippen molar-refractivity contribution in [3.05, 3.63) is 11.6 Å². The number of allylic oxidation sites excluding steroid dienone is 1. The Morgan fingerprint density at radius 3 is 1.87 bits per heavy atom. The molecule has 0 amide bonds. The van der Waals surface area contributed by atoms with Gasteiger partial charge in [-0.1, -0.05) is 40.0 Å². The van der Waals surface area contributed by atoms with Crippen LogP contribution in [-0.2, 0) is 29.5 Å². The van der Waals surface area contributed by atoms with Crippen molar-refractivity contribution in [2.45, 2.75) is 92.4 Å². The van der Waals surface area contributed by atoms with E-state index in [-0.39, 0.29) is 5.97 Å². The van der Waals surface area contributed by atoms with Gasteiger partial charge < -0.3 is 0 Å². The summed E-state index contributed by atoms with van der Waals surface area (Å²) in [5.74, 6) is 2.26. The quantitative estimate of drug-likeness (QED) is 0.214. The Morgan fingerprint density at radius 1 is 0.913 bits per heavy atom. The summed E-state index contributed by atoms with van der Waals surface area (Å²) in [7, 11) is 0. The van der Waals surface area contributed by atoms with Gasteiger partial charge >= 0.3 is 111 Å². The van der Waals surface area contributed by atoms with Gasteiger partial charge in [0.25, 0.3) is 0 Å². The fourth-order valence-corrected chi connectivity index (χ4v) is 3.13. The first-order chi connectivity index (χ1) is 10.8. The molecule has 0 rings (SSSR count). The number of hydrogen-bond donors (Lipinski definition) is 0. The van der Waals surface area contributed by atoms with Gasteiger partial charge in [0.05, 0.1) is 0 Å². The van der Waals surface area contributed by atoms with Gasteiger partial charge in [-0.05, 0) is 5.92 Å². The molecule has 0 bridgehead atoms. The van der Waals surface area contributed by atoms with E-state index in [4.69, 9.17) is 0 Å². The summed E-state index contributed by atoms with van der Waals surface area (Å²) in [5.41, 5.74) is 1.12. The average Bonchev–Trinajstić information content (AvgIpc) is 2.46. The molecular formula is C20H37AuO2. The van der Waals surface area contributed by atoms with Crippen LogP contribution in [0.1, 0.15) is 92.4 Å². The molecule has 0 aromatic heterocycles. The van der Waals surface area contributed by atoms with Crippen molar-refractivity contribution >= 4 is 5.97 Å². The topological polar surface area (TPSA) is 26.3 Å². The van der Waals surface area contributed by atoms with E-state index in [0.29, 0.717) is 0 Å². The molecule has 0 saturated heterocycles. The van der Waals surface area contributed by atoms with Crippen molar-refractivity contribution in [1.29, 1.82) is 0 Å². The Bertz CT molecular complexity index is 337. The van der Waals surface area contributed by atoms with Gasteiger partial charge in [0.15, 0.2) is 0 Å². The Hall–Kier alpha value is -0.0497. The Labute approximate surface area is 157 Å². The van der Waals surface area contributed by atoms with Gasteiger partial charge in [0.2, 0.25) is 0 Å². The van der Waals surface area contributed by atoms with E-state index in [9.17, 15) is 4.79 Å². The Balaban J connectivity index is 3.65. The fraction of sp³-hybridized carbons (Fsp3) is 0.850. The van der Waals surface area contributed by atoms with E-state index in [1.807, 2.05) is 6.92 Å². The van der Waals surface area contributed by atoms with Gasteiger partial charge in [-0.3, -0.25) is 0 Å². The molecule has 3 heteroatoms. The monoisotopic (exact) mass is 506 g/mol. The molecule has 0 fully saturated rings. The number of rotatable bonds is 13. The molecule has 0 radical (unpaired) electrons. The van der Waals surface area contributed by atoms with Crippen LogP contribution in [0.4, 0.5) is 0 Å². The minimum Gasteiger partial charge on any atom is -0.0628 e. The fourth-order valence-electron chi connectivity index (χ4n) is 3.00. The first kappa shape index (κ1) is 23.0. The van der Waals surface area contributed by atoms with Gasteiger partial charge in [-0.15, -0.1) is 0 Å². The first-order valence-corrected chi connectivity index (χ1v) is 10.2. The van der Waals surface area contributed by atoms with Crippen LogP contribution in [0.3, 0.4) is 0 Å². The van der Waals surface area contributed by atoms with E-state index >= 15 is 0 Å². The van der Waals surface area contributed by atoms with Gasteiger partial charge in [0, 0.05) is 0 Å². The summed E-state index contributed by atoms with van der Waals surface area (Å²) < 4.78 is 4.59. The van der Waals surface area contributed by atoms with Crippen LogP contribution in [0.15, 0.2) is 11.6 Å². The summed E-state index contributed by atoms with van der Waals surface area (Å²) in [6.07, 6.45) is 13.3. The van der Waals surface area contributed by atoms with Gasteiger partial charge in [0.1, 0.15) is 0 Å². The molecule has 0 aromatic rings. The maximum atomic E-state index is 11.1. The van der Waals surface area contributed by atoms with Crippen LogP contribution in [0, 0.1) is 17.8 Å². The van der Waals surface area contributed by atoms with Crippen molar-refractivity contribution in [3.8, 4) is 0 Å². The van der Waals surface area contributed by atoms with E-state index in [2.05, 4.69) is 30.9 Å². The second kappa shape index (κ2) is 14.3. The molecule has 0 saturated carbocycles. The zero-order valence-electron chi connectivity index (χ0n) is 15.8. The Kier molecular flexibility index (Phi) is 14.3. The van der Waals surface area contributed by atoms with Crippen molar-refractivity contribution in [1.82, 2.24) is 0 Å². The van der Waals surface area contributed by atoms with Crippen LogP contribution in [0.25, 0.3) is 0 Å². The molecular weight excluding hydrogens is 469 g/mol. The summed E-state index contributed by atoms with van der Waals surface area (Å²) in [5, 5.41) is 0. The van der Waals surface area contributed by atoms with E-state index in [1.165, 1.54) is 51.4 Å². The van der Waals surface area contributed by atoms with Crippen molar-refractivity contribution in [2.24, 2.45) is 17.8 Å².